The topological polar surface area (TPSA) is 76.0 Å². The minimum absolute atomic E-state index is 0.0294. The van der Waals surface area contributed by atoms with Crippen LogP contribution in [0.4, 0.5) is 0 Å². The van der Waals surface area contributed by atoms with Gasteiger partial charge in [-0.1, -0.05) is 25.4 Å². The third-order valence-electron chi connectivity index (χ3n) is 6.64. The molecule has 4 bridgehead atoms. The van der Waals surface area contributed by atoms with Crippen LogP contribution >= 0.6 is 11.6 Å². The smallest absolute Gasteiger partial charge is 0.273 e. The molecule has 27 heavy (non-hydrogen) atoms. The van der Waals surface area contributed by atoms with E-state index in [-0.39, 0.29) is 11.3 Å². The van der Waals surface area contributed by atoms with Crippen molar-refractivity contribution in [1.82, 2.24) is 20.6 Å². The molecule has 2 amide bonds. The number of carbonyl (C=O) groups excluding carboxylic acids is 2. The standard InChI is InChI=1S/C20H29ClN4O2/c1-11(2)10-25-17(21)16(12(3)24-25)18(26)22-23-19(27)20-7-13-4-14(8-20)6-15(5-13)9-20/h11,13-15H,4-10H2,1-3H3,(H,22,26)(H,23,27). The normalized spacial score (nSPS) is 31.4. The fourth-order valence-corrected chi connectivity index (χ4v) is 6.30. The number of aryl methyl sites for hydroxylation is 1. The zero-order chi connectivity index (χ0) is 19.3. The van der Waals surface area contributed by atoms with Crippen LogP contribution in [0, 0.1) is 36.0 Å². The van der Waals surface area contributed by atoms with Gasteiger partial charge >= 0.3 is 0 Å². The quantitative estimate of drug-likeness (QED) is 0.770. The van der Waals surface area contributed by atoms with Crippen LogP contribution in [-0.2, 0) is 11.3 Å². The zero-order valence-corrected chi connectivity index (χ0v) is 17.1. The highest BCUT2D eigenvalue weighted by atomic mass is 35.5. The minimum Gasteiger partial charge on any atom is -0.273 e. The number of hydrogen-bond donors (Lipinski definition) is 2. The highest BCUT2D eigenvalue weighted by molar-refractivity contribution is 6.33. The van der Waals surface area contributed by atoms with Crippen molar-refractivity contribution in [2.24, 2.45) is 29.1 Å². The van der Waals surface area contributed by atoms with E-state index in [0.29, 0.717) is 46.6 Å². The second kappa shape index (κ2) is 6.80. The number of hydrogen-bond acceptors (Lipinski definition) is 3. The van der Waals surface area contributed by atoms with Crippen LogP contribution in [0.3, 0.4) is 0 Å². The predicted molar refractivity (Wildman–Crippen MR) is 103 cm³/mol. The van der Waals surface area contributed by atoms with Gasteiger partial charge < -0.3 is 0 Å². The summed E-state index contributed by atoms with van der Waals surface area (Å²) in [4.78, 5) is 25.6. The molecule has 0 aliphatic heterocycles. The number of carbonyl (C=O) groups is 2. The molecular formula is C20H29ClN4O2. The number of rotatable bonds is 4. The SMILES string of the molecule is Cc1nn(CC(C)C)c(Cl)c1C(=O)NNC(=O)C12CC3CC(CC(C3)C1)C2. The fourth-order valence-electron chi connectivity index (χ4n) is 5.98. The summed E-state index contributed by atoms with van der Waals surface area (Å²) in [7, 11) is 0. The molecule has 1 aromatic rings. The minimum atomic E-state index is -0.398. The Morgan fingerprint density at radius 3 is 2.22 bits per heavy atom. The van der Waals surface area contributed by atoms with Crippen LogP contribution in [0.2, 0.25) is 5.15 Å². The number of nitrogens with one attached hydrogen (secondary N) is 2. The molecule has 5 rings (SSSR count). The van der Waals surface area contributed by atoms with E-state index >= 15 is 0 Å². The molecule has 0 spiro atoms. The molecule has 0 radical (unpaired) electrons. The second-order valence-corrected chi connectivity index (χ2v) is 9.79. The number of amides is 2. The van der Waals surface area contributed by atoms with Crippen LogP contribution < -0.4 is 10.9 Å². The molecule has 4 aliphatic rings. The Labute approximate surface area is 165 Å². The van der Waals surface area contributed by atoms with Crippen LogP contribution in [0.5, 0.6) is 0 Å². The van der Waals surface area contributed by atoms with E-state index in [2.05, 4.69) is 29.8 Å². The summed E-state index contributed by atoms with van der Waals surface area (Å²) < 4.78 is 1.65. The molecule has 7 heteroatoms. The van der Waals surface area contributed by atoms with Gasteiger partial charge in [-0.05, 0) is 69.1 Å². The largest absolute Gasteiger partial charge is 0.274 e. The monoisotopic (exact) mass is 392 g/mol. The van der Waals surface area contributed by atoms with E-state index < -0.39 is 5.91 Å². The summed E-state index contributed by atoms with van der Waals surface area (Å²) in [5.74, 6) is 1.99. The van der Waals surface area contributed by atoms with E-state index in [1.54, 1.807) is 11.6 Å². The van der Waals surface area contributed by atoms with Crippen molar-refractivity contribution in [3.63, 3.8) is 0 Å². The number of aromatic nitrogens is 2. The Balaban J connectivity index is 1.43. The third kappa shape index (κ3) is 3.37. The summed E-state index contributed by atoms with van der Waals surface area (Å²) in [6.45, 7) is 6.54. The Morgan fingerprint density at radius 1 is 1.15 bits per heavy atom. The van der Waals surface area contributed by atoms with Gasteiger partial charge in [-0.2, -0.15) is 5.10 Å². The van der Waals surface area contributed by atoms with Gasteiger partial charge in [0, 0.05) is 6.54 Å². The van der Waals surface area contributed by atoms with Crippen molar-refractivity contribution in [2.75, 3.05) is 0 Å². The first-order valence-corrected chi connectivity index (χ1v) is 10.5. The fraction of sp³-hybridized carbons (Fsp3) is 0.750. The molecule has 6 nitrogen and oxygen atoms in total. The van der Waals surface area contributed by atoms with Crippen LogP contribution in [-0.4, -0.2) is 21.6 Å². The van der Waals surface area contributed by atoms with Crippen LogP contribution in [0.25, 0.3) is 0 Å². The maximum Gasteiger partial charge on any atom is 0.274 e. The average molecular weight is 393 g/mol. The molecule has 4 aliphatic carbocycles. The maximum absolute atomic E-state index is 13.0. The summed E-state index contributed by atoms with van der Waals surface area (Å²) in [5.41, 5.74) is 5.92. The van der Waals surface area contributed by atoms with Gasteiger partial charge in [0.05, 0.1) is 11.1 Å². The Bertz CT molecular complexity index is 735. The number of hydrazine groups is 1. The van der Waals surface area contributed by atoms with Crippen molar-refractivity contribution in [2.45, 2.75) is 65.8 Å². The Kier molecular flexibility index (Phi) is 4.73. The summed E-state index contributed by atoms with van der Waals surface area (Å²) >= 11 is 6.37. The van der Waals surface area contributed by atoms with E-state index in [0.717, 1.165) is 19.3 Å². The first-order valence-electron chi connectivity index (χ1n) is 10.1. The molecule has 0 unspecified atom stereocenters. The van der Waals surface area contributed by atoms with Crippen LogP contribution in [0.15, 0.2) is 0 Å². The van der Waals surface area contributed by atoms with Crippen molar-refractivity contribution in [3.05, 3.63) is 16.4 Å². The van der Waals surface area contributed by atoms with Gasteiger partial charge in [0.2, 0.25) is 5.91 Å². The lowest BCUT2D eigenvalue weighted by Crippen LogP contribution is -2.56. The lowest BCUT2D eigenvalue weighted by atomic mass is 9.49. The van der Waals surface area contributed by atoms with Gasteiger partial charge in [0.1, 0.15) is 10.7 Å². The van der Waals surface area contributed by atoms with Crippen molar-refractivity contribution >= 4 is 23.4 Å². The molecule has 148 valence electrons. The molecule has 0 atom stereocenters. The number of halogens is 1. The highest BCUT2D eigenvalue weighted by Gasteiger charge is 2.54. The third-order valence-corrected chi connectivity index (χ3v) is 7.02. The average Bonchev–Trinajstić information content (AvgIpc) is 2.84. The molecule has 4 saturated carbocycles. The Morgan fingerprint density at radius 2 is 1.70 bits per heavy atom. The van der Waals surface area contributed by atoms with E-state index in [9.17, 15) is 9.59 Å². The van der Waals surface area contributed by atoms with Gasteiger partial charge in [0.15, 0.2) is 0 Å². The first kappa shape index (κ1) is 18.8. The van der Waals surface area contributed by atoms with Crippen molar-refractivity contribution in [3.8, 4) is 0 Å². The van der Waals surface area contributed by atoms with E-state index in [1.807, 2.05) is 0 Å². The molecule has 0 aromatic carbocycles. The molecule has 1 heterocycles. The van der Waals surface area contributed by atoms with E-state index in [1.165, 1.54) is 19.3 Å². The first-order chi connectivity index (χ1) is 12.8. The van der Waals surface area contributed by atoms with Gasteiger partial charge in [0.25, 0.3) is 5.91 Å². The van der Waals surface area contributed by atoms with Gasteiger partial charge in [-0.15, -0.1) is 0 Å². The summed E-state index contributed by atoms with van der Waals surface area (Å²) in [5, 5.41) is 4.69. The van der Waals surface area contributed by atoms with Gasteiger partial charge in [-0.25, -0.2) is 0 Å². The zero-order valence-electron chi connectivity index (χ0n) is 16.3. The van der Waals surface area contributed by atoms with Crippen molar-refractivity contribution in [1.29, 1.82) is 0 Å². The predicted octanol–water partition coefficient (Wildman–Crippen LogP) is 3.48. The lowest BCUT2D eigenvalue weighted by molar-refractivity contribution is -0.147. The molecule has 2 N–H and O–H groups in total. The number of nitrogens with zero attached hydrogens (tertiary/aromatic N) is 2. The molecule has 1 aromatic heterocycles. The maximum atomic E-state index is 13.0. The molecule has 0 saturated heterocycles. The summed E-state index contributed by atoms with van der Waals surface area (Å²) in [6.07, 6.45) is 6.74. The summed E-state index contributed by atoms with van der Waals surface area (Å²) in [6, 6.07) is 0. The van der Waals surface area contributed by atoms with Crippen molar-refractivity contribution < 1.29 is 9.59 Å². The molecule has 4 fully saturated rings. The highest BCUT2D eigenvalue weighted by Crippen LogP contribution is 2.60. The van der Waals surface area contributed by atoms with E-state index in [4.69, 9.17) is 11.6 Å². The van der Waals surface area contributed by atoms with Gasteiger partial charge in [-0.3, -0.25) is 25.1 Å². The van der Waals surface area contributed by atoms with Crippen LogP contribution in [0.1, 0.15) is 68.4 Å². The second-order valence-electron chi connectivity index (χ2n) is 9.43. The lowest BCUT2D eigenvalue weighted by Gasteiger charge is -2.55. The molecular weight excluding hydrogens is 364 g/mol. The Hall–Kier alpha value is -1.56.